The molecule has 0 saturated carbocycles. The molecule has 0 fully saturated rings. The molecule has 0 spiro atoms. The summed E-state index contributed by atoms with van der Waals surface area (Å²) in [4.78, 5) is 13.8. The number of nitrogens with zero attached hydrogens (tertiary/aromatic N) is 1. The molecule has 0 atom stereocenters. The van der Waals surface area contributed by atoms with Gasteiger partial charge in [0.15, 0.2) is 6.61 Å². The zero-order chi connectivity index (χ0) is 13.7. The van der Waals surface area contributed by atoms with Gasteiger partial charge >= 0.3 is 0 Å². The second-order valence-electron chi connectivity index (χ2n) is 4.77. The molecule has 0 unspecified atom stereocenters. The van der Waals surface area contributed by atoms with Crippen molar-refractivity contribution in [2.75, 3.05) is 6.61 Å². The number of phenolic OH excluding ortho intramolecular Hbond substituents is 1. The number of hydrogen-bond acceptors (Lipinski definition) is 3. The summed E-state index contributed by atoms with van der Waals surface area (Å²) in [5.41, 5.74) is 0. The Bertz CT molecular complexity index is 377. The van der Waals surface area contributed by atoms with Crippen LogP contribution in [0.4, 0.5) is 0 Å². The van der Waals surface area contributed by atoms with Crippen molar-refractivity contribution in [3.8, 4) is 11.5 Å². The average Bonchev–Trinajstić information content (AvgIpc) is 2.27. The van der Waals surface area contributed by atoms with E-state index in [0.717, 1.165) is 0 Å². The molecule has 1 aromatic rings. The largest absolute Gasteiger partial charge is 0.508 e. The second kappa shape index (κ2) is 6.28. The first kappa shape index (κ1) is 14.4. The molecule has 1 rings (SSSR count). The maximum Gasteiger partial charge on any atom is 0.260 e. The molecular formula is C14H21NO3. The zero-order valence-electron chi connectivity index (χ0n) is 11.4. The minimum atomic E-state index is -0.0342. The molecule has 0 aliphatic rings. The monoisotopic (exact) mass is 251 g/mol. The summed E-state index contributed by atoms with van der Waals surface area (Å²) < 4.78 is 5.40. The van der Waals surface area contributed by atoms with Gasteiger partial charge in [0.05, 0.1) is 0 Å². The van der Waals surface area contributed by atoms with Gasteiger partial charge < -0.3 is 14.7 Å². The molecule has 4 nitrogen and oxygen atoms in total. The molecule has 18 heavy (non-hydrogen) atoms. The molecular weight excluding hydrogens is 230 g/mol. The fraction of sp³-hybridized carbons (Fsp3) is 0.500. The van der Waals surface area contributed by atoms with Gasteiger partial charge in [-0.05, 0) is 52.0 Å². The number of aromatic hydroxyl groups is 1. The Morgan fingerprint density at radius 1 is 1.17 bits per heavy atom. The topological polar surface area (TPSA) is 49.8 Å². The van der Waals surface area contributed by atoms with E-state index < -0.39 is 0 Å². The smallest absolute Gasteiger partial charge is 0.260 e. The molecule has 0 saturated heterocycles. The highest BCUT2D eigenvalue weighted by Crippen LogP contribution is 2.16. The quantitative estimate of drug-likeness (QED) is 0.874. The Morgan fingerprint density at radius 3 is 2.11 bits per heavy atom. The second-order valence-corrected chi connectivity index (χ2v) is 4.77. The normalized spacial score (nSPS) is 10.8. The number of carbonyl (C=O) groups excluding carboxylic acids is 1. The molecule has 0 aliphatic heterocycles. The summed E-state index contributed by atoms with van der Waals surface area (Å²) in [6, 6.07) is 6.64. The summed E-state index contributed by atoms with van der Waals surface area (Å²) in [6.45, 7) is 7.95. The molecule has 0 heterocycles. The minimum absolute atomic E-state index is 0.0150. The van der Waals surface area contributed by atoms with Gasteiger partial charge in [-0.15, -0.1) is 0 Å². The molecule has 1 N–H and O–H groups in total. The molecule has 0 aliphatic carbocycles. The van der Waals surface area contributed by atoms with Crippen LogP contribution in [-0.4, -0.2) is 34.6 Å². The Kier molecular flexibility index (Phi) is 5.01. The number of rotatable bonds is 5. The number of benzene rings is 1. The highest BCUT2D eigenvalue weighted by Gasteiger charge is 2.20. The van der Waals surface area contributed by atoms with Crippen molar-refractivity contribution in [2.45, 2.75) is 39.8 Å². The van der Waals surface area contributed by atoms with Gasteiger partial charge in [-0.2, -0.15) is 0 Å². The fourth-order valence-corrected chi connectivity index (χ4v) is 1.93. The van der Waals surface area contributed by atoms with Crippen LogP contribution in [0, 0.1) is 0 Å². The van der Waals surface area contributed by atoms with E-state index in [9.17, 15) is 4.79 Å². The van der Waals surface area contributed by atoms with Crippen LogP contribution < -0.4 is 4.74 Å². The predicted molar refractivity (Wildman–Crippen MR) is 70.7 cm³/mol. The maximum atomic E-state index is 12.0. The summed E-state index contributed by atoms with van der Waals surface area (Å²) in [7, 11) is 0. The van der Waals surface area contributed by atoms with E-state index in [-0.39, 0.29) is 30.3 Å². The van der Waals surface area contributed by atoms with Crippen LogP contribution in [0.2, 0.25) is 0 Å². The number of carbonyl (C=O) groups is 1. The van der Waals surface area contributed by atoms with E-state index >= 15 is 0 Å². The molecule has 4 heteroatoms. The van der Waals surface area contributed by atoms with Gasteiger partial charge in [-0.1, -0.05) is 0 Å². The van der Waals surface area contributed by atoms with Crippen LogP contribution in [-0.2, 0) is 4.79 Å². The van der Waals surface area contributed by atoms with E-state index in [1.165, 1.54) is 12.1 Å². The van der Waals surface area contributed by atoms with Gasteiger partial charge in [-0.25, -0.2) is 0 Å². The third kappa shape index (κ3) is 3.95. The highest BCUT2D eigenvalue weighted by molar-refractivity contribution is 5.78. The summed E-state index contributed by atoms with van der Waals surface area (Å²) in [5.74, 6) is 0.723. The third-order valence-corrected chi connectivity index (χ3v) is 2.60. The van der Waals surface area contributed by atoms with E-state index in [1.807, 2.05) is 27.7 Å². The van der Waals surface area contributed by atoms with Crippen LogP contribution in [0.5, 0.6) is 11.5 Å². The van der Waals surface area contributed by atoms with E-state index in [2.05, 4.69) is 0 Å². The first-order valence-corrected chi connectivity index (χ1v) is 6.14. The molecule has 0 radical (unpaired) electrons. The van der Waals surface area contributed by atoms with Crippen molar-refractivity contribution >= 4 is 5.91 Å². The van der Waals surface area contributed by atoms with Crippen LogP contribution in [0.3, 0.4) is 0 Å². The number of amides is 1. The summed E-state index contributed by atoms with van der Waals surface area (Å²) >= 11 is 0. The van der Waals surface area contributed by atoms with Gasteiger partial charge in [0.2, 0.25) is 0 Å². The Balaban J connectivity index is 2.57. The minimum Gasteiger partial charge on any atom is -0.508 e. The maximum absolute atomic E-state index is 12.0. The number of ether oxygens (including phenoxy) is 1. The van der Waals surface area contributed by atoms with E-state index in [1.54, 1.807) is 17.0 Å². The van der Waals surface area contributed by atoms with Crippen LogP contribution in [0.1, 0.15) is 27.7 Å². The lowest BCUT2D eigenvalue weighted by Gasteiger charge is -2.30. The first-order valence-electron chi connectivity index (χ1n) is 6.14. The van der Waals surface area contributed by atoms with Crippen LogP contribution >= 0.6 is 0 Å². The van der Waals surface area contributed by atoms with Crippen molar-refractivity contribution in [3.05, 3.63) is 24.3 Å². The molecule has 1 amide bonds. The van der Waals surface area contributed by atoms with Crippen molar-refractivity contribution in [3.63, 3.8) is 0 Å². The average molecular weight is 251 g/mol. The van der Waals surface area contributed by atoms with Crippen molar-refractivity contribution < 1.29 is 14.6 Å². The first-order chi connectivity index (χ1) is 8.41. The summed E-state index contributed by atoms with van der Waals surface area (Å²) in [6.07, 6.45) is 0. The van der Waals surface area contributed by atoms with Gasteiger partial charge in [0, 0.05) is 12.1 Å². The SMILES string of the molecule is CC(C)N(C(=O)COc1ccc(O)cc1)C(C)C. The summed E-state index contributed by atoms with van der Waals surface area (Å²) in [5, 5.41) is 9.14. The molecule has 1 aromatic carbocycles. The third-order valence-electron chi connectivity index (χ3n) is 2.60. The van der Waals surface area contributed by atoms with Crippen molar-refractivity contribution in [1.82, 2.24) is 4.90 Å². The lowest BCUT2D eigenvalue weighted by molar-refractivity contribution is -0.136. The predicted octanol–water partition coefficient (Wildman–Crippen LogP) is 2.42. The number of phenols is 1. The Morgan fingerprint density at radius 2 is 1.67 bits per heavy atom. The van der Waals surface area contributed by atoms with Gasteiger partial charge in [0.25, 0.3) is 5.91 Å². The van der Waals surface area contributed by atoms with E-state index in [0.29, 0.717) is 5.75 Å². The van der Waals surface area contributed by atoms with Crippen molar-refractivity contribution in [2.24, 2.45) is 0 Å². The lowest BCUT2D eigenvalue weighted by atomic mass is 10.2. The molecule has 0 aromatic heterocycles. The van der Waals surface area contributed by atoms with E-state index in [4.69, 9.17) is 9.84 Å². The molecule has 0 bridgehead atoms. The van der Waals surface area contributed by atoms with Crippen LogP contribution in [0.15, 0.2) is 24.3 Å². The van der Waals surface area contributed by atoms with Gasteiger partial charge in [0.1, 0.15) is 11.5 Å². The van der Waals surface area contributed by atoms with Crippen LogP contribution in [0.25, 0.3) is 0 Å². The zero-order valence-corrected chi connectivity index (χ0v) is 11.4. The molecule has 100 valence electrons. The standard InChI is InChI=1S/C14H21NO3/c1-10(2)15(11(3)4)14(17)9-18-13-7-5-12(16)6-8-13/h5-8,10-11,16H,9H2,1-4H3. The van der Waals surface area contributed by atoms with Gasteiger partial charge in [-0.3, -0.25) is 4.79 Å². The number of hydrogen-bond donors (Lipinski definition) is 1. The highest BCUT2D eigenvalue weighted by atomic mass is 16.5. The Labute approximate surface area is 108 Å². The van der Waals surface area contributed by atoms with Crippen molar-refractivity contribution in [1.29, 1.82) is 0 Å². The Hall–Kier alpha value is -1.71. The lowest BCUT2D eigenvalue weighted by Crippen LogP contribution is -2.44. The fourth-order valence-electron chi connectivity index (χ4n) is 1.93.